The summed E-state index contributed by atoms with van der Waals surface area (Å²) < 4.78 is 5.11. The molecule has 0 fully saturated rings. The summed E-state index contributed by atoms with van der Waals surface area (Å²) in [5.74, 6) is -1.19. The average Bonchev–Trinajstić information content (AvgIpc) is 2.50. The van der Waals surface area contributed by atoms with Gasteiger partial charge in [0.25, 0.3) is 5.91 Å². The van der Waals surface area contributed by atoms with E-state index in [1.54, 1.807) is 24.3 Å². The molecule has 2 rings (SSSR count). The van der Waals surface area contributed by atoms with E-state index in [0.29, 0.717) is 16.9 Å². The van der Waals surface area contributed by atoms with E-state index < -0.39 is 11.9 Å². The van der Waals surface area contributed by atoms with Gasteiger partial charge in [0.1, 0.15) is 11.5 Å². The quantitative estimate of drug-likeness (QED) is 0.736. The van der Waals surface area contributed by atoms with E-state index in [1.807, 2.05) is 0 Å². The van der Waals surface area contributed by atoms with Gasteiger partial charge in [0.05, 0.1) is 24.8 Å². The van der Waals surface area contributed by atoms with E-state index in [1.165, 1.54) is 25.3 Å². The fraction of sp³-hybridized carbons (Fsp3) is 0.125. The molecule has 0 unspecified atom stereocenters. The molecule has 2 aromatic rings. The number of phenolic OH excluding ortho intramolecular Hbond substituents is 1. The van der Waals surface area contributed by atoms with E-state index in [2.05, 4.69) is 5.32 Å². The summed E-state index contributed by atoms with van der Waals surface area (Å²) in [4.78, 5) is 23.0. The number of carboxylic acid groups (broad SMARTS) is 1. The van der Waals surface area contributed by atoms with Crippen LogP contribution in [0, 0.1) is 0 Å². The zero-order chi connectivity index (χ0) is 16.1. The van der Waals surface area contributed by atoms with Crippen LogP contribution in [0.4, 0.5) is 5.69 Å². The smallest absolute Gasteiger partial charge is 0.307 e. The number of hydrogen-bond donors (Lipinski definition) is 3. The third-order valence-corrected chi connectivity index (χ3v) is 3.02. The van der Waals surface area contributed by atoms with Crippen LogP contribution in [0.2, 0.25) is 0 Å². The zero-order valence-electron chi connectivity index (χ0n) is 11.9. The maximum absolute atomic E-state index is 12.3. The molecule has 0 bridgehead atoms. The minimum Gasteiger partial charge on any atom is -0.506 e. The highest BCUT2D eigenvalue weighted by Gasteiger charge is 2.14. The number of carbonyl (C=O) groups is 2. The normalized spacial score (nSPS) is 10.0. The number of carbonyl (C=O) groups excluding carboxylic acids is 1. The molecule has 0 spiro atoms. The van der Waals surface area contributed by atoms with Crippen molar-refractivity contribution in [1.82, 2.24) is 0 Å². The van der Waals surface area contributed by atoms with Gasteiger partial charge >= 0.3 is 5.97 Å². The van der Waals surface area contributed by atoms with E-state index in [9.17, 15) is 14.7 Å². The monoisotopic (exact) mass is 301 g/mol. The highest BCUT2D eigenvalue weighted by molar-refractivity contribution is 6.06. The SMILES string of the molecule is COc1ccccc1C(=O)Nc1cc(CC(=O)O)ccc1O. The number of amides is 1. The van der Waals surface area contributed by atoms with Crippen LogP contribution in [0.5, 0.6) is 11.5 Å². The lowest BCUT2D eigenvalue weighted by molar-refractivity contribution is -0.136. The van der Waals surface area contributed by atoms with E-state index in [0.717, 1.165) is 0 Å². The number of methoxy groups -OCH3 is 1. The first-order valence-corrected chi connectivity index (χ1v) is 6.49. The van der Waals surface area contributed by atoms with Crippen molar-refractivity contribution < 1.29 is 24.5 Å². The van der Waals surface area contributed by atoms with Crippen molar-refractivity contribution in [2.45, 2.75) is 6.42 Å². The van der Waals surface area contributed by atoms with Gasteiger partial charge in [0.2, 0.25) is 0 Å². The van der Waals surface area contributed by atoms with Gasteiger partial charge in [-0.25, -0.2) is 0 Å². The van der Waals surface area contributed by atoms with Crippen molar-refractivity contribution in [1.29, 1.82) is 0 Å². The molecule has 0 aliphatic rings. The van der Waals surface area contributed by atoms with Crippen LogP contribution in [0.1, 0.15) is 15.9 Å². The number of hydrogen-bond acceptors (Lipinski definition) is 4. The van der Waals surface area contributed by atoms with Crippen molar-refractivity contribution in [2.75, 3.05) is 12.4 Å². The molecule has 6 heteroatoms. The summed E-state index contributed by atoms with van der Waals surface area (Å²) in [5.41, 5.74) is 0.934. The lowest BCUT2D eigenvalue weighted by Gasteiger charge is -2.11. The molecule has 22 heavy (non-hydrogen) atoms. The van der Waals surface area contributed by atoms with Gasteiger partial charge in [0.15, 0.2) is 0 Å². The van der Waals surface area contributed by atoms with Crippen molar-refractivity contribution in [3.63, 3.8) is 0 Å². The largest absolute Gasteiger partial charge is 0.506 e. The molecular weight excluding hydrogens is 286 g/mol. The predicted molar refractivity (Wildman–Crippen MR) is 80.4 cm³/mol. The predicted octanol–water partition coefficient (Wildman–Crippen LogP) is 2.28. The Labute approximate surface area is 127 Å². The van der Waals surface area contributed by atoms with Crippen LogP contribution in [-0.4, -0.2) is 29.2 Å². The lowest BCUT2D eigenvalue weighted by atomic mass is 10.1. The zero-order valence-corrected chi connectivity index (χ0v) is 11.9. The molecule has 0 radical (unpaired) electrons. The molecule has 0 aliphatic heterocycles. The van der Waals surface area contributed by atoms with Crippen molar-refractivity contribution in [2.24, 2.45) is 0 Å². The number of ether oxygens (including phenoxy) is 1. The topological polar surface area (TPSA) is 95.9 Å². The Morgan fingerprint density at radius 2 is 1.91 bits per heavy atom. The summed E-state index contributed by atoms with van der Waals surface area (Å²) >= 11 is 0. The van der Waals surface area contributed by atoms with Crippen LogP contribution in [-0.2, 0) is 11.2 Å². The third kappa shape index (κ3) is 3.54. The Balaban J connectivity index is 2.26. The van der Waals surface area contributed by atoms with Crippen LogP contribution in [0.15, 0.2) is 42.5 Å². The average molecular weight is 301 g/mol. The number of anilines is 1. The van der Waals surface area contributed by atoms with Crippen LogP contribution >= 0.6 is 0 Å². The third-order valence-electron chi connectivity index (χ3n) is 3.02. The standard InChI is InChI=1S/C16H15NO5/c1-22-14-5-3-2-4-11(14)16(21)17-12-8-10(9-15(19)20)6-7-13(12)18/h2-8,18H,9H2,1H3,(H,17,21)(H,19,20). The molecule has 0 aliphatic carbocycles. The summed E-state index contributed by atoms with van der Waals surface area (Å²) in [6, 6.07) is 10.9. The van der Waals surface area contributed by atoms with Gasteiger partial charge in [0, 0.05) is 0 Å². The number of phenols is 1. The minimum absolute atomic E-state index is 0.141. The summed E-state index contributed by atoms with van der Waals surface area (Å²) in [5, 5.41) is 21.1. The second-order valence-corrected chi connectivity index (χ2v) is 4.58. The Morgan fingerprint density at radius 1 is 1.18 bits per heavy atom. The first kappa shape index (κ1) is 15.4. The first-order valence-electron chi connectivity index (χ1n) is 6.49. The molecule has 0 atom stereocenters. The van der Waals surface area contributed by atoms with E-state index >= 15 is 0 Å². The summed E-state index contributed by atoms with van der Waals surface area (Å²) in [6.45, 7) is 0. The molecule has 0 saturated carbocycles. The molecule has 2 aromatic carbocycles. The number of aliphatic carboxylic acids is 1. The number of carboxylic acids is 1. The highest BCUT2D eigenvalue weighted by Crippen LogP contribution is 2.26. The molecule has 3 N–H and O–H groups in total. The number of para-hydroxylation sites is 1. The van der Waals surface area contributed by atoms with Gasteiger partial charge in [-0.05, 0) is 29.8 Å². The van der Waals surface area contributed by atoms with E-state index in [4.69, 9.17) is 9.84 Å². The molecule has 0 saturated heterocycles. The molecule has 114 valence electrons. The van der Waals surface area contributed by atoms with Gasteiger partial charge in [-0.2, -0.15) is 0 Å². The Kier molecular flexibility index (Phi) is 4.63. The Hall–Kier alpha value is -3.02. The van der Waals surface area contributed by atoms with Crippen molar-refractivity contribution in [3.05, 3.63) is 53.6 Å². The Bertz CT molecular complexity index is 711. The summed E-state index contributed by atoms with van der Waals surface area (Å²) in [6.07, 6.45) is -0.197. The van der Waals surface area contributed by atoms with E-state index in [-0.39, 0.29) is 17.9 Å². The lowest BCUT2D eigenvalue weighted by Crippen LogP contribution is -2.13. The van der Waals surface area contributed by atoms with Gasteiger partial charge in [-0.1, -0.05) is 18.2 Å². The van der Waals surface area contributed by atoms with Gasteiger partial charge < -0.3 is 20.3 Å². The van der Waals surface area contributed by atoms with Crippen LogP contribution in [0.3, 0.4) is 0 Å². The number of aromatic hydroxyl groups is 1. The van der Waals surface area contributed by atoms with Crippen LogP contribution in [0.25, 0.3) is 0 Å². The second-order valence-electron chi connectivity index (χ2n) is 4.58. The number of nitrogens with one attached hydrogen (secondary N) is 1. The molecular formula is C16H15NO5. The maximum atomic E-state index is 12.3. The fourth-order valence-electron chi connectivity index (χ4n) is 1.99. The fourth-order valence-corrected chi connectivity index (χ4v) is 1.99. The Morgan fingerprint density at radius 3 is 2.59 bits per heavy atom. The summed E-state index contributed by atoms with van der Waals surface area (Å²) in [7, 11) is 1.46. The maximum Gasteiger partial charge on any atom is 0.307 e. The number of rotatable bonds is 5. The van der Waals surface area contributed by atoms with Gasteiger partial charge in [-0.3, -0.25) is 9.59 Å². The van der Waals surface area contributed by atoms with Crippen LogP contribution < -0.4 is 10.1 Å². The molecule has 6 nitrogen and oxygen atoms in total. The first-order chi connectivity index (χ1) is 10.5. The highest BCUT2D eigenvalue weighted by atomic mass is 16.5. The van der Waals surface area contributed by atoms with Crippen molar-refractivity contribution in [3.8, 4) is 11.5 Å². The number of benzene rings is 2. The minimum atomic E-state index is -0.993. The van der Waals surface area contributed by atoms with Crippen molar-refractivity contribution >= 4 is 17.6 Å². The molecule has 0 aromatic heterocycles. The molecule has 0 heterocycles. The second kappa shape index (κ2) is 6.62. The molecule has 1 amide bonds. The van der Waals surface area contributed by atoms with Gasteiger partial charge in [-0.15, -0.1) is 0 Å².